The fourth-order valence-corrected chi connectivity index (χ4v) is 2.44. The Hall–Kier alpha value is -2.59. The topological polar surface area (TPSA) is 45.2 Å². The first-order valence-electron chi connectivity index (χ1n) is 7.18. The SMILES string of the molecule is CN(C)c1cc(C(=O)Nc2ccc(Cl)cc2)c2ccccc2n1. The minimum absolute atomic E-state index is 0.172. The first-order valence-corrected chi connectivity index (χ1v) is 7.56. The molecule has 5 heteroatoms. The third-order valence-electron chi connectivity index (χ3n) is 3.51. The smallest absolute Gasteiger partial charge is 0.256 e. The maximum Gasteiger partial charge on any atom is 0.256 e. The number of nitrogens with one attached hydrogen (secondary N) is 1. The number of benzene rings is 2. The average Bonchev–Trinajstić information content (AvgIpc) is 2.55. The Labute approximate surface area is 139 Å². The van der Waals surface area contributed by atoms with Crippen molar-refractivity contribution in [1.82, 2.24) is 4.98 Å². The summed E-state index contributed by atoms with van der Waals surface area (Å²) in [5.74, 6) is 0.568. The molecule has 116 valence electrons. The Kier molecular flexibility index (Phi) is 4.17. The van der Waals surface area contributed by atoms with Gasteiger partial charge >= 0.3 is 0 Å². The average molecular weight is 326 g/mol. The van der Waals surface area contributed by atoms with Gasteiger partial charge in [0.15, 0.2) is 0 Å². The van der Waals surface area contributed by atoms with E-state index in [2.05, 4.69) is 10.3 Å². The van der Waals surface area contributed by atoms with Crippen molar-refractivity contribution in [2.45, 2.75) is 0 Å². The van der Waals surface area contributed by atoms with Crippen LogP contribution in [0.1, 0.15) is 10.4 Å². The summed E-state index contributed by atoms with van der Waals surface area (Å²) in [4.78, 5) is 19.1. The zero-order valence-corrected chi connectivity index (χ0v) is 13.6. The molecule has 1 N–H and O–H groups in total. The molecule has 0 aliphatic heterocycles. The van der Waals surface area contributed by atoms with Crippen LogP contribution >= 0.6 is 11.6 Å². The van der Waals surface area contributed by atoms with Crippen molar-refractivity contribution in [3.8, 4) is 0 Å². The van der Waals surface area contributed by atoms with Gasteiger partial charge in [0.25, 0.3) is 5.91 Å². The molecule has 2 aromatic carbocycles. The zero-order valence-electron chi connectivity index (χ0n) is 12.9. The third kappa shape index (κ3) is 3.27. The van der Waals surface area contributed by atoms with E-state index in [4.69, 9.17) is 11.6 Å². The lowest BCUT2D eigenvalue weighted by molar-refractivity contribution is 0.102. The third-order valence-corrected chi connectivity index (χ3v) is 3.76. The Morgan fingerprint density at radius 1 is 1.09 bits per heavy atom. The minimum Gasteiger partial charge on any atom is -0.363 e. The number of para-hydroxylation sites is 1. The van der Waals surface area contributed by atoms with E-state index in [1.54, 1.807) is 30.3 Å². The largest absolute Gasteiger partial charge is 0.363 e. The van der Waals surface area contributed by atoms with Gasteiger partial charge in [-0.25, -0.2) is 4.98 Å². The van der Waals surface area contributed by atoms with Gasteiger partial charge in [-0.05, 0) is 36.4 Å². The van der Waals surface area contributed by atoms with Crippen LogP contribution in [-0.2, 0) is 0 Å². The van der Waals surface area contributed by atoms with Crippen molar-refractivity contribution in [2.75, 3.05) is 24.3 Å². The molecule has 3 rings (SSSR count). The molecule has 0 saturated heterocycles. The Morgan fingerprint density at radius 3 is 2.48 bits per heavy atom. The minimum atomic E-state index is -0.172. The van der Waals surface area contributed by atoms with E-state index in [9.17, 15) is 4.79 Å². The number of halogens is 1. The molecule has 3 aromatic rings. The van der Waals surface area contributed by atoms with Gasteiger partial charge in [0.2, 0.25) is 0 Å². The lowest BCUT2D eigenvalue weighted by atomic mass is 10.1. The molecular formula is C18H16ClN3O. The maximum atomic E-state index is 12.7. The van der Waals surface area contributed by atoms with Crippen molar-refractivity contribution in [1.29, 1.82) is 0 Å². The van der Waals surface area contributed by atoms with Crippen LogP contribution in [0.5, 0.6) is 0 Å². The summed E-state index contributed by atoms with van der Waals surface area (Å²) in [7, 11) is 3.80. The number of hydrogen-bond donors (Lipinski definition) is 1. The number of rotatable bonds is 3. The Morgan fingerprint density at radius 2 is 1.78 bits per heavy atom. The number of carbonyl (C=O) groups excluding carboxylic acids is 1. The molecule has 0 unspecified atom stereocenters. The van der Waals surface area contributed by atoms with Gasteiger partial charge in [-0.15, -0.1) is 0 Å². The van der Waals surface area contributed by atoms with Gasteiger partial charge in [0.1, 0.15) is 5.82 Å². The summed E-state index contributed by atoms with van der Waals surface area (Å²) in [5, 5.41) is 4.36. The molecule has 4 nitrogen and oxygen atoms in total. The molecule has 0 radical (unpaired) electrons. The Bertz CT molecular complexity index is 860. The quantitative estimate of drug-likeness (QED) is 0.784. The van der Waals surface area contributed by atoms with Crippen molar-refractivity contribution in [3.63, 3.8) is 0 Å². The van der Waals surface area contributed by atoms with E-state index in [0.29, 0.717) is 16.3 Å². The van der Waals surface area contributed by atoms with Crippen LogP contribution in [0.3, 0.4) is 0 Å². The molecule has 0 atom stereocenters. The first-order chi connectivity index (χ1) is 11.0. The van der Waals surface area contributed by atoms with Crippen LogP contribution in [0.25, 0.3) is 10.9 Å². The van der Waals surface area contributed by atoms with E-state index in [-0.39, 0.29) is 5.91 Å². The zero-order chi connectivity index (χ0) is 16.4. The highest BCUT2D eigenvalue weighted by Crippen LogP contribution is 2.23. The van der Waals surface area contributed by atoms with Crippen LogP contribution in [-0.4, -0.2) is 25.0 Å². The lowest BCUT2D eigenvalue weighted by Gasteiger charge is -2.15. The molecule has 1 heterocycles. The fourth-order valence-electron chi connectivity index (χ4n) is 2.31. The van der Waals surface area contributed by atoms with E-state index >= 15 is 0 Å². The Balaban J connectivity index is 2.03. The number of aromatic nitrogens is 1. The number of anilines is 2. The number of carbonyl (C=O) groups is 1. The predicted octanol–water partition coefficient (Wildman–Crippen LogP) is 4.21. The number of amides is 1. The molecule has 0 spiro atoms. The summed E-state index contributed by atoms with van der Waals surface area (Å²) in [6.07, 6.45) is 0. The number of hydrogen-bond acceptors (Lipinski definition) is 3. The number of fused-ring (bicyclic) bond motifs is 1. The summed E-state index contributed by atoms with van der Waals surface area (Å²) in [6.45, 7) is 0. The van der Waals surface area contributed by atoms with E-state index in [0.717, 1.165) is 16.7 Å². The molecule has 1 aromatic heterocycles. The predicted molar refractivity (Wildman–Crippen MR) is 95.5 cm³/mol. The van der Waals surface area contributed by atoms with Crippen molar-refractivity contribution in [3.05, 3.63) is 65.2 Å². The molecule has 23 heavy (non-hydrogen) atoms. The van der Waals surface area contributed by atoms with Crippen molar-refractivity contribution in [2.24, 2.45) is 0 Å². The monoisotopic (exact) mass is 325 g/mol. The summed E-state index contributed by atoms with van der Waals surface area (Å²) in [6, 6.07) is 16.5. The van der Waals surface area contributed by atoms with E-state index < -0.39 is 0 Å². The standard InChI is InChI=1S/C18H16ClN3O/c1-22(2)17-11-15(14-5-3-4-6-16(14)21-17)18(23)20-13-9-7-12(19)8-10-13/h3-11H,1-2H3,(H,20,23). The van der Waals surface area contributed by atoms with Crippen LogP contribution in [0.2, 0.25) is 5.02 Å². The van der Waals surface area contributed by atoms with Crippen LogP contribution in [0.4, 0.5) is 11.5 Å². The molecule has 0 bridgehead atoms. The van der Waals surface area contributed by atoms with Crippen LogP contribution < -0.4 is 10.2 Å². The van der Waals surface area contributed by atoms with Gasteiger partial charge in [-0.2, -0.15) is 0 Å². The molecular weight excluding hydrogens is 310 g/mol. The maximum absolute atomic E-state index is 12.7. The van der Waals surface area contributed by atoms with Gasteiger partial charge in [0, 0.05) is 30.2 Å². The highest BCUT2D eigenvalue weighted by molar-refractivity contribution is 6.30. The highest BCUT2D eigenvalue weighted by atomic mass is 35.5. The van der Waals surface area contributed by atoms with Crippen molar-refractivity contribution < 1.29 is 4.79 Å². The second-order valence-corrected chi connectivity index (χ2v) is 5.84. The number of nitrogens with zero attached hydrogens (tertiary/aromatic N) is 2. The summed E-state index contributed by atoms with van der Waals surface area (Å²) in [5.41, 5.74) is 2.08. The highest BCUT2D eigenvalue weighted by Gasteiger charge is 2.14. The van der Waals surface area contributed by atoms with Gasteiger partial charge in [-0.1, -0.05) is 29.8 Å². The molecule has 0 fully saturated rings. The van der Waals surface area contributed by atoms with Gasteiger partial charge < -0.3 is 10.2 Å². The fraction of sp³-hybridized carbons (Fsp3) is 0.111. The van der Waals surface area contributed by atoms with E-state index in [1.165, 1.54) is 0 Å². The van der Waals surface area contributed by atoms with Gasteiger partial charge in [-0.3, -0.25) is 4.79 Å². The second kappa shape index (κ2) is 6.26. The molecule has 0 saturated carbocycles. The van der Waals surface area contributed by atoms with Crippen LogP contribution in [0.15, 0.2) is 54.6 Å². The first kappa shape index (κ1) is 15.3. The molecule has 0 aliphatic rings. The lowest BCUT2D eigenvalue weighted by Crippen LogP contribution is -2.16. The molecule has 1 amide bonds. The van der Waals surface area contributed by atoms with Crippen molar-refractivity contribution >= 4 is 39.9 Å². The van der Waals surface area contributed by atoms with Crippen LogP contribution in [0, 0.1) is 0 Å². The van der Waals surface area contributed by atoms with Gasteiger partial charge in [0.05, 0.1) is 11.1 Å². The number of pyridine rings is 1. The summed E-state index contributed by atoms with van der Waals surface area (Å²) < 4.78 is 0. The molecule has 0 aliphatic carbocycles. The summed E-state index contributed by atoms with van der Waals surface area (Å²) >= 11 is 5.87. The van der Waals surface area contributed by atoms with E-state index in [1.807, 2.05) is 43.3 Å². The second-order valence-electron chi connectivity index (χ2n) is 5.40. The normalized spacial score (nSPS) is 10.6.